The van der Waals surface area contributed by atoms with Crippen LogP contribution < -0.4 is 5.32 Å². The van der Waals surface area contributed by atoms with E-state index in [1.807, 2.05) is 6.07 Å². The first-order valence-corrected chi connectivity index (χ1v) is 8.27. The quantitative estimate of drug-likeness (QED) is 0.824. The Kier molecular flexibility index (Phi) is 3.84. The average molecular weight is 338 g/mol. The Labute approximate surface area is 125 Å². The molecule has 1 fully saturated rings. The standard InChI is InChI=1S/C14H16BrN3S/c1-2-9-5-6-19-11(9)8-16-13-7-12(15)17-14(18-13)10-3-4-10/h5-7,10H,2-4,8H2,1H3,(H,16,17,18). The molecule has 2 aromatic rings. The molecule has 1 aliphatic carbocycles. The average Bonchev–Trinajstić information content (AvgIpc) is 3.15. The molecule has 0 aromatic carbocycles. The molecule has 2 aromatic heterocycles. The van der Waals surface area contributed by atoms with Crippen molar-refractivity contribution in [2.24, 2.45) is 0 Å². The fourth-order valence-corrected chi connectivity index (χ4v) is 3.37. The van der Waals surface area contributed by atoms with Crippen LogP contribution in [0.5, 0.6) is 0 Å². The van der Waals surface area contributed by atoms with Gasteiger partial charge in [-0.05, 0) is 52.2 Å². The highest BCUT2D eigenvalue weighted by Crippen LogP contribution is 2.38. The molecule has 1 aliphatic rings. The molecule has 0 bridgehead atoms. The van der Waals surface area contributed by atoms with Crippen LogP contribution in [-0.4, -0.2) is 9.97 Å². The molecule has 0 saturated heterocycles. The van der Waals surface area contributed by atoms with Crippen LogP contribution in [0.1, 0.15) is 41.9 Å². The summed E-state index contributed by atoms with van der Waals surface area (Å²) >= 11 is 5.27. The highest BCUT2D eigenvalue weighted by molar-refractivity contribution is 9.10. The zero-order chi connectivity index (χ0) is 13.2. The van der Waals surface area contributed by atoms with Gasteiger partial charge in [-0.25, -0.2) is 9.97 Å². The summed E-state index contributed by atoms with van der Waals surface area (Å²) in [4.78, 5) is 10.4. The van der Waals surface area contributed by atoms with Crippen molar-refractivity contribution in [3.8, 4) is 0 Å². The van der Waals surface area contributed by atoms with Crippen molar-refractivity contribution in [1.29, 1.82) is 0 Å². The number of nitrogens with zero attached hydrogens (tertiary/aromatic N) is 2. The monoisotopic (exact) mass is 337 g/mol. The van der Waals surface area contributed by atoms with Crippen LogP contribution in [0.4, 0.5) is 5.82 Å². The topological polar surface area (TPSA) is 37.8 Å². The minimum atomic E-state index is 0.575. The third-order valence-electron chi connectivity index (χ3n) is 3.30. The van der Waals surface area contributed by atoms with E-state index in [0.29, 0.717) is 5.92 Å². The van der Waals surface area contributed by atoms with Crippen LogP contribution in [0.15, 0.2) is 22.1 Å². The Bertz CT molecular complexity index is 578. The molecule has 1 saturated carbocycles. The fraction of sp³-hybridized carbons (Fsp3) is 0.429. The van der Waals surface area contributed by atoms with Crippen molar-refractivity contribution in [2.75, 3.05) is 5.32 Å². The molecule has 0 radical (unpaired) electrons. The van der Waals surface area contributed by atoms with Crippen molar-refractivity contribution in [3.63, 3.8) is 0 Å². The number of anilines is 1. The highest BCUT2D eigenvalue weighted by Gasteiger charge is 2.27. The molecule has 1 N–H and O–H groups in total. The normalized spacial score (nSPS) is 14.6. The summed E-state index contributed by atoms with van der Waals surface area (Å²) in [5.41, 5.74) is 1.42. The van der Waals surface area contributed by atoms with Crippen LogP contribution in [-0.2, 0) is 13.0 Å². The van der Waals surface area contributed by atoms with E-state index in [2.05, 4.69) is 49.6 Å². The molecular formula is C14H16BrN3S. The summed E-state index contributed by atoms with van der Waals surface area (Å²) < 4.78 is 0.869. The molecular weight excluding hydrogens is 322 g/mol. The third-order valence-corrected chi connectivity index (χ3v) is 4.67. The van der Waals surface area contributed by atoms with Crippen LogP contribution >= 0.6 is 27.3 Å². The van der Waals surface area contributed by atoms with E-state index in [9.17, 15) is 0 Å². The second-order valence-corrected chi connectivity index (χ2v) is 6.60. The van der Waals surface area contributed by atoms with E-state index in [1.54, 1.807) is 11.3 Å². The van der Waals surface area contributed by atoms with Crippen LogP contribution in [0.3, 0.4) is 0 Å². The fourth-order valence-electron chi connectivity index (χ4n) is 2.06. The Morgan fingerprint density at radius 3 is 3.00 bits per heavy atom. The lowest BCUT2D eigenvalue weighted by Crippen LogP contribution is -2.04. The van der Waals surface area contributed by atoms with Crippen molar-refractivity contribution in [3.05, 3.63) is 38.4 Å². The molecule has 3 rings (SSSR count). The Morgan fingerprint density at radius 1 is 1.42 bits per heavy atom. The maximum Gasteiger partial charge on any atom is 0.135 e. The van der Waals surface area contributed by atoms with Gasteiger partial charge in [0.15, 0.2) is 0 Å². The number of hydrogen-bond donors (Lipinski definition) is 1. The van der Waals surface area contributed by atoms with Crippen molar-refractivity contribution >= 4 is 33.1 Å². The molecule has 100 valence electrons. The highest BCUT2D eigenvalue weighted by atomic mass is 79.9. The van der Waals surface area contributed by atoms with Crippen molar-refractivity contribution in [1.82, 2.24) is 9.97 Å². The van der Waals surface area contributed by atoms with Crippen LogP contribution in [0.2, 0.25) is 0 Å². The van der Waals surface area contributed by atoms with Gasteiger partial charge in [0.25, 0.3) is 0 Å². The number of aromatic nitrogens is 2. The minimum Gasteiger partial charge on any atom is -0.365 e. The lowest BCUT2D eigenvalue weighted by Gasteiger charge is -2.08. The maximum atomic E-state index is 4.60. The van der Waals surface area contributed by atoms with E-state index in [-0.39, 0.29) is 0 Å². The van der Waals surface area contributed by atoms with Gasteiger partial charge in [0, 0.05) is 16.9 Å². The summed E-state index contributed by atoms with van der Waals surface area (Å²) in [6, 6.07) is 4.15. The summed E-state index contributed by atoms with van der Waals surface area (Å²) in [5, 5.41) is 5.57. The smallest absolute Gasteiger partial charge is 0.135 e. The van der Waals surface area contributed by atoms with Crippen LogP contribution in [0, 0.1) is 0 Å². The number of nitrogens with one attached hydrogen (secondary N) is 1. The number of halogens is 1. The molecule has 0 spiro atoms. The first-order chi connectivity index (χ1) is 9.26. The van der Waals surface area contributed by atoms with Gasteiger partial charge < -0.3 is 5.32 Å². The summed E-state index contributed by atoms with van der Waals surface area (Å²) in [6.07, 6.45) is 3.53. The molecule has 19 heavy (non-hydrogen) atoms. The summed E-state index contributed by atoms with van der Waals surface area (Å²) in [5.74, 6) is 2.46. The Morgan fingerprint density at radius 2 is 2.26 bits per heavy atom. The molecule has 0 unspecified atom stereocenters. The zero-order valence-corrected chi connectivity index (χ0v) is 13.2. The number of rotatable bonds is 5. The van der Waals surface area contributed by atoms with E-state index in [1.165, 1.54) is 23.3 Å². The van der Waals surface area contributed by atoms with Gasteiger partial charge in [-0.2, -0.15) is 0 Å². The number of aryl methyl sites for hydroxylation is 1. The van der Waals surface area contributed by atoms with Crippen molar-refractivity contribution in [2.45, 2.75) is 38.6 Å². The first-order valence-electron chi connectivity index (χ1n) is 6.60. The van der Waals surface area contributed by atoms with Gasteiger partial charge in [-0.15, -0.1) is 11.3 Å². The second kappa shape index (κ2) is 5.59. The van der Waals surface area contributed by atoms with Gasteiger partial charge in [-0.3, -0.25) is 0 Å². The van der Waals surface area contributed by atoms with Gasteiger partial charge in [0.05, 0.1) is 6.54 Å². The van der Waals surface area contributed by atoms with Gasteiger partial charge in [0.1, 0.15) is 16.2 Å². The number of thiophene rings is 1. The minimum absolute atomic E-state index is 0.575. The SMILES string of the molecule is CCc1ccsc1CNc1cc(Br)nc(C2CC2)n1. The molecule has 0 amide bonds. The van der Waals surface area contributed by atoms with Gasteiger partial charge in [-0.1, -0.05) is 6.92 Å². The largest absolute Gasteiger partial charge is 0.365 e. The molecule has 5 heteroatoms. The third kappa shape index (κ3) is 3.15. The maximum absolute atomic E-state index is 4.60. The van der Waals surface area contributed by atoms with Crippen LogP contribution in [0.25, 0.3) is 0 Å². The van der Waals surface area contributed by atoms with E-state index >= 15 is 0 Å². The predicted molar refractivity (Wildman–Crippen MR) is 82.7 cm³/mol. The second-order valence-electron chi connectivity index (χ2n) is 4.78. The molecule has 0 aliphatic heterocycles. The lowest BCUT2D eigenvalue weighted by atomic mass is 10.2. The molecule has 2 heterocycles. The Balaban J connectivity index is 1.72. The van der Waals surface area contributed by atoms with E-state index < -0.39 is 0 Å². The van der Waals surface area contributed by atoms with Crippen molar-refractivity contribution < 1.29 is 0 Å². The van der Waals surface area contributed by atoms with Gasteiger partial charge in [0.2, 0.25) is 0 Å². The number of hydrogen-bond acceptors (Lipinski definition) is 4. The lowest BCUT2D eigenvalue weighted by molar-refractivity contribution is 0.910. The predicted octanol–water partition coefficient (Wildman–Crippen LogP) is 4.35. The zero-order valence-electron chi connectivity index (χ0n) is 10.8. The Hall–Kier alpha value is -0.940. The molecule has 0 atom stereocenters. The first kappa shape index (κ1) is 13.1. The summed E-state index contributed by atoms with van der Waals surface area (Å²) in [6.45, 7) is 3.03. The van der Waals surface area contributed by atoms with E-state index in [4.69, 9.17) is 0 Å². The molecule has 3 nitrogen and oxygen atoms in total. The van der Waals surface area contributed by atoms with Gasteiger partial charge >= 0.3 is 0 Å². The van der Waals surface area contributed by atoms with E-state index in [0.717, 1.165) is 29.2 Å². The summed E-state index contributed by atoms with van der Waals surface area (Å²) in [7, 11) is 0.